The molecule has 68 valence electrons. The smallest absolute Gasteiger partial charge is 0.146 e. The SMILES string of the molecule is [B][C@@H]1O[C@H](COC)C(OC)C1F. The third kappa shape index (κ3) is 1.78. The van der Waals surface area contributed by atoms with E-state index >= 15 is 0 Å². The van der Waals surface area contributed by atoms with E-state index in [1.54, 1.807) is 0 Å². The molecule has 2 unspecified atom stereocenters. The van der Waals surface area contributed by atoms with Crippen LogP contribution in [0.4, 0.5) is 4.39 Å². The highest BCUT2D eigenvalue weighted by Crippen LogP contribution is 2.24. The predicted molar refractivity (Wildman–Crippen MR) is 42.0 cm³/mol. The van der Waals surface area contributed by atoms with Crippen LogP contribution >= 0.6 is 0 Å². The van der Waals surface area contributed by atoms with Gasteiger partial charge in [0.15, 0.2) is 0 Å². The van der Waals surface area contributed by atoms with Crippen LogP contribution in [0.25, 0.3) is 0 Å². The maximum absolute atomic E-state index is 13.1. The second-order valence-corrected chi connectivity index (χ2v) is 2.74. The van der Waals surface area contributed by atoms with Crippen molar-refractivity contribution in [1.29, 1.82) is 0 Å². The van der Waals surface area contributed by atoms with Crippen LogP contribution in [0.15, 0.2) is 0 Å². The standard InChI is InChI=1S/C7H12BFO3/c1-10-3-4-6(11-2)5(9)7(8)12-4/h4-7H,3H2,1-2H3/t4-,5?,6?,7-/m1/s1. The van der Waals surface area contributed by atoms with Crippen LogP contribution in [0.2, 0.25) is 0 Å². The first kappa shape index (κ1) is 9.96. The average Bonchev–Trinajstić information content (AvgIpc) is 2.29. The first-order chi connectivity index (χ1) is 5.70. The molecule has 1 heterocycles. The van der Waals surface area contributed by atoms with Gasteiger partial charge < -0.3 is 14.2 Å². The maximum Gasteiger partial charge on any atom is 0.146 e. The van der Waals surface area contributed by atoms with Crippen molar-refractivity contribution >= 4 is 7.85 Å². The lowest BCUT2D eigenvalue weighted by Crippen LogP contribution is -2.33. The number of hydrogen-bond donors (Lipinski definition) is 0. The topological polar surface area (TPSA) is 27.7 Å². The fourth-order valence-corrected chi connectivity index (χ4v) is 1.33. The van der Waals surface area contributed by atoms with Crippen molar-refractivity contribution in [3.8, 4) is 0 Å². The lowest BCUT2D eigenvalue weighted by atomic mass is 9.94. The zero-order valence-corrected chi connectivity index (χ0v) is 7.20. The molecule has 0 aliphatic carbocycles. The summed E-state index contributed by atoms with van der Waals surface area (Å²) >= 11 is 0. The first-order valence-electron chi connectivity index (χ1n) is 3.77. The van der Waals surface area contributed by atoms with Gasteiger partial charge in [0.1, 0.15) is 26.2 Å². The number of halogens is 1. The molecule has 0 aromatic carbocycles. The molecule has 4 atom stereocenters. The van der Waals surface area contributed by atoms with Crippen LogP contribution in [0, 0.1) is 0 Å². The van der Waals surface area contributed by atoms with Gasteiger partial charge in [-0.15, -0.1) is 0 Å². The van der Waals surface area contributed by atoms with Gasteiger partial charge in [0.25, 0.3) is 0 Å². The second kappa shape index (κ2) is 4.21. The number of hydrogen-bond acceptors (Lipinski definition) is 3. The highest BCUT2D eigenvalue weighted by atomic mass is 19.1. The molecular weight excluding hydrogens is 162 g/mol. The van der Waals surface area contributed by atoms with Crippen LogP contribution in [0.5, 0.6) is 0 Å². The van der Waals surface area contributed by atoms with Gasteiger partial charge in [-0.2, -0.15) is 0 Å². The van der Waals surface area contributed by atoms with Crippen LogP contribution < -0.4 is 0 Å². The summed E-state index contributed by atoms with van der Waals surface area (Å²) in [4.78, 5) is 0. The Kier molecular flexibility index (Phi) is 3.49. The minimum atomic E-state index is -1.27. The zero-order valence-electron chi connectivity index (χ0n) is 7.20. The Bertz CT molecular complexity index is 147. The second-order valence-electron chi connectivity index (χ2n) is 2.74. The number of methoxy groups -OCH3 is 2. The van der Waals surface area contributed by atoms with Gasteiger partial charge in [0.05, 0.1) is 12.6 Å². The fourth-order valence-electron chi connectivity index (χ4n) is 1.33. The molecule has 1 aliphatic rings. The highest BCUT2D eigenvalue weighted by Gasteiger charge is 2.42. The van der Waals surface area contributed by atoms with Gasteiger partial charge in [0, 0.05) is 14.2 Å². The van der Waals surface area contributed by atoms with E-state index in [0.717, 1.165) is 0 Å². The summed E-state index contributed by atoms with van der Waals surface area (Å²) < 4.78 is 27.9. The van der Waals surface area contributed by atoms with E-state index in [9.17, 15) is 4.39 Å². The largest absolute Gasteiger partial charge is 0.382 e. The van der Waals surface area contributed by atoms with Crippen molar-refractivity contribution in [3.63, 3.8) is 0 Å². The van der Waals surface area contributed by atoms with Gasteiger partial charge in [-0.3, -0.25) is 0 Å². The van der Waals surface area contributed by atoms with Gasteiger partial charge in [0.2, 0.25) is 0 Å². The van der Waals surface area contributed by atoms with Crippen LogP contribution in [0.3, 0.4) is 0 Å². The maximum atomic E-state index is 13.1. The molecule has 0 aromatic heterocycles. The van der Waals surface area contributed by atoms with E-state index in [-0.39, 0.29) is 0 Å². The van der Waals surface area contributed by atoms with Crippen molar-refractivity contribution in [3.05, 3.63) is 0 Å². The summed E-state index contributed by atoms with van der Waals surface area (Å²) in [5, 5.41) is 0. The number of rotatable bonds is 3. The van der Waals surface area contributed by atoms with Crippen molar-refractivity contribution in [2.24, 2.45) is 0 Å². The Morgan fingerprint density at radius 1 is 1.50 bits per heavy atom. The Labute approximate surface area is 72.6 Å². The van der Waals surface area contributed by atoms with Gasteiger partial charge >= 0.3 is 0 Å². The Morgan fingerprint density at radius 3 is 2.67 bits per heavy atom. The first-order valence-corrected chi connectivity index (χ1v) is 3.77. The van der Waals surface area contributed by atoms with Gasteiger partial charge in [-0.25, -0.2) is 4.39 Å². The summed E-state index contributed by atoms with van der Waals surface area (Å²) in [7, 11) is 8.28. The summed E-state index contributed by atoms with van der Waals surface area (Å²) in [6.45, 7) is 0.298. The molecule has 0 spiro atoms. The minimum Gasteiger partial charge on any atom is -0.382 e. The van der Waals surface area contributed by atoms with E-state index in [1.807, 2.05) is 0 Å². The molecule has 12 heavy (non-hydrogen) atoms. The molecule has 1 saturated heterocycles. The number of alkyl halides is 1. The highest BCUT2D eigenvalue weighted by molar-refractivity contribution is 6.11. The molecule has 3 nitrogen and oxygen atoms in total. The quantitative estimate of drug-likeness (QED) is 0.558. The zero-order chi connectivity index (χ0) is 9.14. The van der Waals surface area contributed by atoms with E-state index in [1.165, 1.54) is 14.2 Å². The molecule has 1 rings (SSSR count). The molecule has 1 aliphatic heterocycles. The van der Waals surface area contributed by atoms with Crippen molar-refractivity contribution in [1.82, 2.24) is 0 Å². The van der Waals surface area contributed by atoms with Crippen molar-refractivity contribution in [2.75, 3.05) is 20.8 Å². The summed E-state index contributed by atoms with van der Waals surface area (Å²) in [6, 6.07) is -0.893. The van der Waals surface area contributed by atoms with E-state index in [2.05, 4.69) is 0 Å². The monoisotopic (exact) mass is 174 g/mol. The molecule has 0 amide bonds. The van der Waals surface area contributed by atoms with Gasteiger partial charge in [-0.1, -0.05) is 0 Å². The summed E-state index contributed by atoms with van der Waals surface area (Å²) in [5.74, 6) is 0. The third-order valence-electron chi connectivity index (χ3n) is 1.93. The number of ether oxygens (including phenoxy) is 3. The Hall–Kier alpha value is -0.125. The summed E-state index contributed by atoms with van der Waals surface area (Å²) in [6.07, 6.45) is -2.28. The molecule has 0 bridgehead atoms. The molecule has 1 fully saturated rings. The van der Waals surface area contributed by atoms with E-state index in [0.29, 0.717) is 6.61 Å². The predicted octanol–water partition coefficient (Wildman–Crippen LogP) is -0.121. The molecule has 0 saturated carbocycles. The third-order valence-corrected chi connectivity index (χ3v) is 1.93. The van der Waals surface area contributed by atoms with Crippen LogP contribution in [0.1, 0.15) is 0 Å². The summed E-state index contributed by atoms with van der Waals surface area (Å²) in [5.41, 5.74) is 0. The molecular formula is C7H12BFO3. The van der Waals surface area contributed by atoms with E-state index < -0.39 is 24.4 Å². The lowest BCUT2D eigenvalue weighted by molar-refractivity contribution is -0.0351. The molecule has 5 heteroatoms. The molecule has 0 N–H and O–H groups in total. The van der Waals surface area contributed by atoms with Crippen LogP contribution in [-0.4, -0.2) is 53.1 Å². The normalized spacial score (nSPS) is 41.9. The van der Waals surface area contributed by atoms with Crippen LogP contribution in [-0.2, 0) is 14.2 Å². The van der Waals surface area contributed by atoms with Crippen molar-refractivity contribution in [2.45, 2.75) is 24.4 Å². The van der Waals surface area contributed by atoms with Gasteiger partial charge in [-0.05, 0) is 0 Å². The Balaban J connectivity index is 2.52. The average molecular weight is 174 g/mol. The van der Waals surface area contributed by atoms with Crippen molar-refractivity contribution < 1.29 is 18.6 Å². The Morgan fingerprint density at radius 2 is 2.17 bits per heavy atom. The van der Waals surface area contributed by atoms with E-state index in [4.69, 9.17) is 22.1 Å². The molecule has 2 radical (unpaired) electrons. The molecule has 0 aromatic rings. The minimum absolute atomic E-state index is 0.298. The fraction of sp³-hybridized carbons (Fsp3) is 1.00. The lowest BCUT2D eigenvalue weighted by Gasteiger charge is -2.16.